The van der Waals surface area contributed by atoms with Crippen LogP contribution in [-0.2, 0) is 0 Å². The highest BCUT2D eigenvalue weighted by atomic mass is 16.1. The predicted molar refractivity (Wildman–Crippen MR) is 104 cm³/mol. The van der Waals surface area contributed by atoms with Gasteiger partial charge in [-0.15, -0.1) is 0 Å². The molecule has 2 aliphatic rings. The first-order valence-electron chi connectivity index (χ1n) is 8.42. The molecule has 0 atom stereocenters. The molecule has 2 aromatic rings. The van der Waals surface area contributed by atoms with Crippen LogP contribution in [0.1, 0.15) is 15.9 Å². The molecule has 0 heterocycles. The maximum absolute atomic E-state index is 11.8. The molecule has 0 amide bonds. The fraction of sp³-hybridized carbons (Fsp3) is 0.0417. The van der Waals surface area contributed by atoms with E-state index in [4.69, 9.17) is 0 Å². The molecule has 0 radical (unpaired) electrons. The molecule has 0 spiro atoms. The van der Waals surface area contributed by atoms with Gasteiger partial charge in [0.2, 0.25) is 0 Å². The van der Waals surface area contributed by atoms with Crippen molar-refractivity contribution >= 4 is 6.29 Å². The minimum absolute atomic E-state index is 0.750. The van der Waals surface area contributed by atoms with Crippen LogP contribution in [0.4, 0.5) is 0 Å². The Morgan fingerprint density at radius 1 is 0.640 bits per heavy atom. The van der Waals surface area contributed by atoms with Crippen LogP contribution >= 0.6 is 0 Å². The predicted octanol–water partition coefficient (Wildman–Crippen LogP) is 6.25. The van der Waals surface area contributed by atoms with Gasteiger partial charge in [0.05, 0.1) is 0 Å². The normalized spacial score (nSPS) is 10.8. The second-order valence-electron chi connectivity index (χ2n) is 6.24. The fourth-order valence-corrected chi connectivity index (χ4v) is 3.57. The number of aryl methyl sites for hydroxylation is 1. The number of hydrogen-bond acceptors (Lipinski definition) is 1. The number of hydrogen-bond donors (Lipinski definition) is 0. The summed E-state index contributed by atoms with van der Waals surface area (Å²) in [5.74, 6) is 0. The zero-order valence-corrected chi connectivity index (χ0v) is 14.1. The molecule has 0 unspecified atom stereocenters. The quantitative estimate of drug-likeness (QED) is 0.408. The number of fused-ring (bicyclic) bond motifs is 1. The first kappa shape index (κ1) is 15.3. The van der Waals surface area contributed by atoms with Crippen LogP contribution in [0.15, 0.2) is 84.9 Å². The Morgan fingerprint density at radius 2 is 1.16 bits per heavy atom. The molecule has 0 N–H and O–H groups in total. The van der Waals surface area contributed by atoms with Gasteiger partial charge in [-0.1, -0.05) is 78.9 Å². The summed E-state index contributed by atoms with van der Waals surface area (Å²) in [5, 5.41) is 0. The van der Waals surface area contributed by atoms with E-state index in [-0.39, 0.29) is 0 Å². The minimum Gasteiger partial charge on any atom is -0.298 e. The number of carbonyl (C=O) groups excluding carboxylic acids is 1. The topological polar surface area (TPSA) is 17.1 Å². The van der Waals surface area contributed by atoms with Crippen molar-refractivity contribution < 1.29 is 4.79 Å². The molecule has 4 rings (SSSR count). The van der Waals surface area contributed by atoms with E-state index in [0.29, 0.717) is 0 Å². The van der Waals surface area contributed by atoms with Gasteiger partial charge >= 0.3 is 0 Å². The van der Waals surface area contributed by atoms with Gasteiger partial charge in [0, 0.05) is 11.1 Å². The van der Waals surface area contributed by atoms with E-state index in [1.165, 1.54) is 0 Å². The van der Waals surface area contributed by atoms with Crippen LogP contribution < -0.4 is 0 Å². The van der Waals surface area contributed by atoms with Gasteiger partial charge in [0.1, 0.15) is 0 Å². The lowest BCUT2D eigenvalue weighted by atomic mass is 9.92. The zero-order chi connectivity index (χ0) is 17.2. The Hall–Kier alpha value is -3.19. The van der Waals surface area contributed by atoms with Crippen LogP contribution in [0.5, 0.6) is 0 Å². The van der Waals surface area contributed by atoms with Gasteiger partial charge < -0.3 is 0 Å². The lowest BCUT2D eigenvalue weighted by Gasteiger charge is -2.11. The van der Waals surface area contributed by atoms with E-state index in [1.807, 2.05) is 42.5 Å². The second kappa shape index (κ2) is 6.37. The third kappa shape index (κ3) is 2.64. The summed E-state index contributed by atoms with van der Waals surface area (Å²) in [4.78, 5) is 11.8. The van der Waals surface area contributed by atoms with Gasteiger partial charge in [-0.05, 0) is 46.4 Å². The average Bonchev–Trinajstić information content (AvgIpc) is 2.87. The van der Waals surface area contributed by atoms with E-state index < -0.39 is 0 Å². The maximum atomic E-state index is 11.8. The van der Waals surface area contributed by atoms with Crippen molar-refractivity contribution in [3.05, 3.63) is 96.1 Å². The first-order valence-corrected chi connectivity index (χ1v) is 8.42. The number of rotatable bonds is 3. The highest BCUT2D eigenvalue weighted by Gasteiger charge is 2.21. The van der Waals surface area contributed by atoms with Crippen molar-refractivity contribution in [2.45, 2.75) is 6.92 Å². The van der Waals surface area contributed by atoms with Gasteiger partial charge in [-0.2, -0.15) is 0 Å². The maximum Gasteiger partial charge on any atom is 0.150 e. The Morgan fingerprint density at radius 3 is 1.68 bits per heavy atom. The molecule has 0 fully saturated rings. The van der Waals surface area contributed by atoms with E-state index in [0.717, 1.165) is 50.8 Å². The SMILES string of the molecule is Cc1cc(C=O)c2c(-c3ccccc3)cccc(-c3ccccc3)c1-2. The summed E-state index contributed by atoms with van der Waals surface area (Å²) in [7, 11) is 0. The molecule has 25 heavy (non-hydrogen) atoms. The van der Waals surface area contributed by atoms with Gasteiger partial charge in [-0.3, -0.25) is 4.79 Å². The monoisotopic (exact) mass is 322 g/mol. The number of aldehydes is 1. The largest absolute Gasteiger partial charge is 0.298 e. The lowest BCUT2D eigenvalue weighted by Crippen LogP contribution is -1.87. The zero-order valence-electron chi connectivity index (χ0n) is 14.1. The Kier molecular flexibility index (Phi) is 3.91. The van der Waals surface area contributed by atoms with Crippen LogP contribution in [0.25, 0.3) is 33.4 Å². The van der Waals surface area contributed by atoms with Crippen molar-refractivity contribution in [3.8, 4) is 33.4 Å². The smallest absolute Gasteiger partial charge is 0.150 e. The van der Waals surface area contributed by atoms with Crippen molar-refractivity contribution in [1.29, 1.82) is 0 Å². The summed E-state index contributed by atoms with van der Waals surface area (Å²) in [6.07, 6.45) is 0.969. The molecule has 0 aromatic heterocycles. The van der Waals surface area contributed by atoms with Crippen LogP contribution in [0.2, 0.25) is 0 Å². The Balaban J connectivity index is 2.07. The van der Waals surface area contributed by atoms with Gasteiger partial charge in [0.15, 0.2) is 6.29 Å². The minimum atomic E-state index is 0.750. The average molecular weight is 322 g/mol. The molecule has 0 saturated carbocycles. The molecule has 2 aliphatic carbocycles. The Labute approximate surface area is 147 Å². The summed E-state index contributed by atoms with van der Waals surface area (Å²) in [5.41, 5.74) is 8.59. The first-order chi connectivity index (χ1) is 12.3. The molecular formula is C24H18O. The Bertz CT molecular complexity index is 1000. The fourth-order valence-electron chi connectivity index (χ4n) is 3.57. The van der Waals surface area contributed by atoms with Crippen LogP contribution in [0, 0.1) is 6.92 Å². The number of carbonyl (C=O) groups is 1. The molecule has 0 bridgehead atoms. The van der Waals surface area contributed by atoms with Gasteiger partial charge in [-0.25, -0.2) is 0 Å². The molecular weight excluding hydrogens is 304 g/mol. The summed E-state index contributed by atoms with van der Waals surface area (Å²) in [6.45, 7) is 2.08. The van der Waals surface area contributed by atoms with Gasteiger partial charge in [0.25, 0.3) is 0 Å². The van der Waals surface area contributed by atoms with E-state index in [9.17, 15) is 4.79 Å². The third-order valence-corrected chi connectivity index (χ3v) is 4.67. The summed E-state index contributed by atoms with van der Waals surface area (Å²) < 4.78 is 0. The van der Waals surface area contributed by atoms with E-state index in [2.05, 4.69) is 49.4 Å². The van der Waals surface area contributed by atoms with Crippen molar-refractivity contribution in [3.63, 3.8) is 0 Å². The van der Waals surface area contributed by atoms with E-state index in [1.54, 1.807) is 0 Å². The standard InChI is InChI=1S/C24H18O/c1-17-15-20(16-25)24-22(19-11-6-3-7-12-19)14-8-13-21(23(17)24)18-9-4-2-5-10-18/h2-16H,1H3. The van der Waals surface area contributed by atoms with Crippen LogP contribution in [0.3, 0.4) is 0 Å². The summed E-state index contributed by atoms with van der Waals surface area (Å²) >= 11 is 0. The molecule has 1 heteroatoms. The molecule has 2 aromatic carbocycles. The molecule has 1 nitrogen and oxygen atoms in total. The highest BCUT2D eigenvalue weighted by molar-refractivity contribution is 6.03. The lowest BCUT2D eigenvalue weighted by molar-refractivity contribution is 0.112. The second-order valence-corrected chi connectivity index (χ2v) is 6.24. The van der Waals surface area contributed by atoms with Crippen molar-refractivity contribution in [2.24, 2.45) is 0 Å². The summed E-state index contributed by atoms with van der Waals surface area (Å²) in [6, 6.07) is 28.9. The molecule has 0 saturated heterocycles. The van der Waals surface area contributed by atoms with E-state index >= 15 is 0 Å². The van der Waals surface area contributed by atoms with Crippen LogP contribution in [-0.4, -0.2) is 6.29 Å². The third-order valence-electron chi connectivity index (χ3n) is 4.67. The highest BCUT2D eigenvalue weighted by Crippen LogP contribution is 2.44. The van der Waals surface area contributed by atoms with Crippen molar-refractivity contribution in [2.75, 3.05) is 0 Å². The molecule has 120 valence electrons. The number of benzene rings is 2. The molecule has 0 aliphatic heterocycles. The van der Waals surface area contributed by atoms with Crippen molar-refractivity contribution in [1.82, 2.24) is 0 Å².